The first-order valence-corrected chi connectivity index (χ1v) is 11.9. The molecule has 0 radical (unpaired) electrons. The lowest BCUT2D eigenvalue weighted by Crippen LogP contribution is -2.19. The van der Waals surface area contributed by atoms with Gasteiger partial charge in [0.15, 0.2) is 0 Å². The molecule has 1 unspecified atom stereocenters. The summed E-state index contributed by atoms with van der Waals surface area (Å²) in [5.41, 5.74) is 1.11. The molecule has 0 N–H and O–H groups in total. The quantitative estimate of drug-likeness (QED) is 0.574. The SMILES string of the molecule is CCC(C)S(=O)(=O)c1oc(-c2ccc(F)cc2)nc1S(=O)(=O)c1ccc(C)cc1. The predicted molar refractivity (Wildman–Crippen MR) is 105 cm³/mol. The molecule has 3 aromatic rings. The van der Waals surface area contributed by atoms with Gasteiger partial charge < -0.3 is 4.42 Å². The molecule has 9 heteroatoms. The van der Waals surface area contributed by atoms with E-state index in [1.165, 1.54) is 31.2 Å². The topological polar surface area (TPSA) is 94.3 Å². The molecule has 1 heterocycles. The molecular formula is C20H20FNO5S2. The standard InChI is InChI=1S/C20H20FNO5S2/c1-4-14(3)28(23,24)20-19(29(25,26)17-11-5-13(2)6-12-17)22-18(27-20)15-7-9-16(21)10-8-15/h5-12,14H,4H2,1-3H3. The number of aryl methyl sites for hydroxylation is 1. The van der Waals surface area contributed by atoms with E-state index < -0.39 is 40.9 Å². The highest BCUT2D eigenvalue weighted by atomic mass is 32.2. The van der Waals surface area contributed by atoms with Crippen molar-refractivity contribution in [3.8, 4) is 11.5 Å². The zero-order valence-corrected chi connectivity index (χ0v) is 17.7. The number of hydrogen-bond acceptors (Lipinski definition) is 6. The maximum absolute atomic E-state index is 13.2. The summed E-state index contributed by atoms with van der Waals surface area (Å²) in [6, 6.07) is 11.0. The lowest BCUT2D eigenvalue weighted by molar-refractivity contribution is 0.441. The summed E-state index contributed by atoms with van der Waals surface area (Å²) >= 11 is 0. The van der Waals surface area contributed by atoms with Crippen molar-refractivity contribution in [1.82, 2.24) is 4.98 Å². The van der Waals surface area contributed by atoms with E-state index in [0.717, 1.165) is 17.7 Å². The van der Waals surface area contributed by atoms with Crippen LogP contribution in [0.4, 0.5) is 4.39 Å². The second kappa shape index (κ2) is 7.72. The van der Waals surface area contributed by atoms with Crippen molar-refractivity contribution in [2.75, 3.05) is 0 Å². The summed E-state index contributed by atoms with van der Waals surface area (Å²) in [4.78, 5) is 3.91. The fraction of sp³-hybridized carbons (Fsp3) is 0.250. The summed E-state index contributed by atoms with van der Waals surface area (Å²) in [6.45, 7) is 4.95. The van der Waals surface area contributed by atoms with Crippen LogP contribution in [-0.2, 0) is 19.7 Å². The Kier molecular flexibility index (Phi) is 5.64. The molecule has 3 rings (SSSR count). The van der Waals surface area contributed by atoms with Crippen molar-refractivity contribution in [3.05, 3.63) is 59.9 Å². The van der Waals surface area contributed by atoms with Crippen molar-refractivity contribution < 1.29 is 25.6 Å². The number of benzene rings is 2. The highest BCUT2D eigenvalue weighted by Crippen LogP contribution is 2.34. The number of aromatic nitrogens is 1. The van der Waals surface area contributed by atoms with Gasteiger partial charge in [0.2, 0.25) is 30.6 Å². The largest absolute Gasteiger partial charge is 0.423 e. The monoisotopic (exact) mass is 437 g/mol. The normalized spacial score (nSPS) is 13.4. The summed E-state index contributed by atoms with van der Waals surface area (Å²) in [5, 5.41) is -2.24. The summed E-state index contributed by atoms with van der Waals surface area (Å²) in [7, 11) is -8.36. The van der Waals surface area contributed by atoms with Crippen LogP contribution in [-0.4, -0.2) is 27.1 Å². The van der Waals surface area contributed by atoms with E-state index in [4.69, 9.17) is 4.42 Å². The first kappa shape index (κ1) is 21.2. The molecule has 0 aliphatic rings. The van der Waals surface area contributed by atoms with E-state index in [1.54, 1.807) is 26.0 Å². The van der Waals surface area contributed by atoms with E-state index >= 15 is 0 Å². The minimum absolute atomic E-state index is 0.0948. The van der Waals surface area contributed by atoms with Crippen molar-refractivity contribution in [1.29, 1.82) is 0 Å². The van der Waals surface area contributed by atoms with Crippen LogP contribution < -0.4 is 0 Å². The molecule has 0 spiro atoms. The highest BCUT2D eigenvalue weighted by molar-refractivity contribution is 7.94. The molecule has 0 saturated carbocycles. The van der Waals surface area contributed by atoms with Crippen LogP contribution in [0.5, 0.6) is 0 Å². The molecule has 0 aliphatic heterocycles. The van der Waals surface area contributed by atoms with Gasteiger partial charge in [-0.2, -0.15) is 4.98 Å². The number of rotatable bonds is 6. The minimum atomic E-state index is -4.26. The molecule has 1 atom stereocenters. The molecule has 6 nitrogen and oxygen atoms in total. The Bertz CT molecular complexity index is 1230. The molecule has 29 heavy (non-hydrogen) atoms. The molecule has 2 aromatic carbocycles. The Balaban J connectivity index is 2.26. The fourth-order valence-electron chi connectivity index (χ4n) is 2.59. The second-order valence-electron chi connectivity index (χ2n) is 6.70. The average molecular weight is 438 g/mol. The van der Waals surface area contributed by atoms with E-state index in [2.05, 4.69) is 4.98 Å². The van der Waals surface area contributed by atoms with Gasteiger partial charge in [0.1, 0.15) is 5.82 Å². The van der Waals surface area contributed by atoms with Crippen LogP contribution in [0.2, 0.25) is 0 Å². The summed E-state index contributed by atoms with van der Waals surface area (Å²) in [6.07, 6.45) is 0.263. The third-order valence-electron chi connectivity index (χ3n) is 4.61. The van der Waals surface area contributed by atoms with Gasteiger partial charge >= 0.3 is 0 Å². The average Bonchev–Trinajstić information content (AvgIpc) is 3.15. The van der Waals surface area contributed by atoms with Gasteiger partial charge in [-0.3, -0.25) is 0 Å². The minimum Gasteiger partial charge on any atom is -0.423 e. The van der Waals surface area contributed by atoms with Gasteiger partial charge in [-0.25, -0.2) is 21.2 Å². The Labute approximate surface area is 169 Å². The number of sulfone groups is 2. The Morgan fingerprint density at radius 3 is 2.14 bits per heavy atom. The number of halogens is 1. The Hall–Kier alpha value is -2.52. The van der Waals surface area contributed by atoms with Crippen molar-refractivity contribution in [3.63, 3.8) is 0 Å². The van der Waals surface area contributed by atoms with E-state index in [0.29, 0.717) is 0 Å². The molecule has 1 aromatic heterocycles. The van der Waals surface area contributed by atoms with Crippen LogP contribution in [0, 0.1) is 12.7 Å². The number of oxazole rings is 1. The Morgan fingerprint density at radius 1 is 1.00 bits per heavy atom. The second-order valence-corrected chi connectivity index (χ2v) is 10.8. The zero-order chi connectivity index (χ0) is 21.4. The fourth-order valence-corrected chi connectivity index (χ4v) is 5.74. The van der Waals surface area contributed by atoms with Crippen LogP contribution in [0.25, 0.3) is 11.5 Å². The van der Waals surface area contributed by atoms with E-state index in [1.807, 2.05) is 0 Å². The molecular weight excluding hydrogens is 417 g/mol. The zero-order valence-electron chi connectivity index (χ0n) is 16.1. The lowest BCUT2D eigenvalue weighted by Gasteiger charge is -2.09. The number of nitrogens with zero attached hydrogens (tertiary/aromatic N) is 1. The molecule has 0 aliphatic carbocycles. The molecule has 0 fully saturated rings. The van der Waals surface area contributed by atoms with Crippen molar-refractivity contribution in [2.24, 2.45) is 0 Å². The van der Waals surface area contributed by atoms with E-state index in [9.17, 15) is 21.2 Å². The lowest BCUT2D eigenvalue weighted by atomic mass is 10.2. The first-order chi connectivity index (χ1) is 13.6. The van der Waals surface area contributed by atoms with E-state index in [-0.39, 0.29) is 22.8 Å². The van der Waals surface area contributed by atoms with Gasteiger partial charge in [-0.1, -0.05) is 24.6 Å². The molecule has 0 bridgehead atoms. The van der Waals surface area contributed by atoms with Crippen LogP contribution in [0.15, 0.2) is 68.0 Å². The van der Waals surface area contributed by atoms with Crippen molar-refractivity contribution >= 4 is 19.7 Å². The van der Waals surface area contributed by atoms with Gasteiger partial charge in [-0.05, 0) is 56.7 Å². The summed E-state index contributed by atoms with van der Waals surface area (Å²) < 4.78 is 71.0. The van der Waals surface area contributed by atoms with Gasteiger partial charge in [0, 0.05) is 5.56 Å². The Morgan fingerprint density at radius 2 is 1.59 bits per heavy atom. The predicted octanol–water partition coefficient (Wildman–Crippen LogP) is 4.19. The van der Waals surface area contributed by atoms with Crippen molar-refractivity contribution in [2.45, 2.75) is 47.5 Å². The third-order valence-corrected chi connectivity index (χ3v) is 8.60. The molecule has 154 valence electrons. The van der Waals surface area contributed by atoms with Gasteiger partial charge in [0.05, 0.1) is 10.1 Å². The number of hydrogen-bond donors (Lipinski definition) is 0. The molecule has 0 amide bonds. The van der Waals surface area contributed by atoms with Crippen LogP contribution >= 0.6 is 0 Å². The van der Waals surface area contributed by atoms with Crippen LogP contribution in [0.3, 0.4) is 0 Å². The smallest absolute Gasteiger partial charge is 0.258 e. The van der Waals surface area contributed by atoms with Gasteiger partial charge in [0.25, 0.3) is 5.09 Å². The van der Waals surface area contributed by atoms with Gasteiger partial charge in [-0.15, -0.1) is 0 Å². The maximum atomic E-state index is 13.2. The maximum Gasteiger partial charge on any atom is 0.258 e. The van der Waals surface area contributed by atoms with Crippen LogP contribution in [0.1, 0.15) is 25.8 Å². The summed E-state index contributed by atoms with van der Waals surface area (Å²) in [5.74, 6) is -0.710. The first-order valence-electron chi connectivity index (χ1n) is 8.89. The highest BCUT2D eigenvalue weighted by Gasteiger charge is 2.37. The third kappa shape index (κ3) is 3.97. The molecule has 0 saturated heterocycles.